The van der Waals surface area contributed by atoms with E-state index < -0.39 is 8.80 Å². The van der Waals surface area contributed by atoms with Gasteiger partial charge in [0.25, 0.3) is 0 Å². The molecule has 0 aromatic heterocycles. The third-order valence-electron chi connectivity index (χ3n) is 1.57. The van der Waals surface area contributed by atoms with E-state index in [9.17, 15) is 0 Å². The summed E-state index contributed by atoms with van der Waals surface area (Å²) in [6.45, 7) is 10.2. The summed E-state index contributed by atoms with van der Waals surface area (Å²) < 4.78 is 15.5. The van der Waals surface area contributed by atoms with Gasteiger partial charge in [-0.15, -0.1) is 6.58 Å². The summed E-state index contributed by atoms with van der Waals surface area (Å²) >= 11 is 0. The van der Waals surface area contributed by atoms with E-state index in [0.717, 1.165) is 0 Å². The van der Waals surface area contributed by atoms with Crippen molar-refractivity contribution in [3.05, 3.63) is 12.7 Å². The molecule has 0 aromatic carbocycles. The third-order valence-corrected chi connectivity index (χ3v) is 3.58. The van der Waals surface area contributed by atoms with Crippen LogP contribution in [0.5, 0.6) is 0 Å². The number of hydrogen-bond acceptors (Lipinski definition) is 6. The van der Waals surface area contributed by atoms with Gasteiger partial charge in [-0.05, 0) is 27.2 Å². The predicted molar refractivity (Wildman–Crippen MR) is 63.5 cm³/mol. The maximum atomic E-state index is 5.18. The van der Waals surface area contributed by atoms with Crippen LogP contribution >= 0.6 is 0 Å². The van der Waals surface area contributed by atoms with Crippen molar-refractivity contribution in [2.75, 3.05) is 19.8 Å². The fourth-order valence-corrected chi connectivity index (χ4v) is 2.67. The minimum Gasteiger partial charge on any atom is -0.243 e. The highest BCUT2D eigenvalue weighted by Gasteiger charge is 2.46. The van der Waals surface area contributed by atoms with Gasteiger partial charge in [0.2, 0.25) is 0 Å². The van der Waals surface area contributed by atoms with Crippen molar-refractivity contribution in [3.8, 4) is 0 Å². The Hall–Kier alpha value is -0.283. The molecule has 0 amide bonds. The van der Waals surface area contributed by atoms with Gasteiger partial charge in [0, 0.05) is 6.04 Å². The normalized spacial score (nSPS) is 11.7. The maximum Gasteiger partial charge on any atom is 0.584 e. The highest BCUT2D eigenvalue weighted by atomic mass is 28.4. The van der Waals surface area contributed by atoms with Gasteiger partial charge in [0.05, 0.1) is 19.8 Å². The molecule has 0 aliphatic heterocycles. The Bertz CT molecular complexity index is 168. The first kappa shape index (κ1) is 16.7. The Morgan fingerprint density at radius 1 is 0.882 bits per heavy atom. The summed E-state index contributed by atoms with van der Waals surface area (Å²) in [4.78, 5) is 14.7. The Morgan fingerprint density at radius 3 is 1.59 bits per heavy atom. The van der Waals surface area contributed by atoms with Gasteiger partial charge in [-0.25, -0.2) is 28.4 Å². The summed E-state index contributed by atoms with van der Waals surface area (Å²) in [6, 6.07) is 0.469. The highest BCUT2D eigenvalue weighted by Crippen LogP contribution is 2.19. The lowest BCUT2D eigenvalue weighted by Crippen LogP contribution is -2.45. The fraction of sp³-hybridized carbons (Fsp3) is 0.800. The molecule has 102 valence electrons. The minimum atomic E-state index is -3.12. The van der Waals surface area contributed by atoms with E-state index in [2.05, 4.69) is 6.58 Å². The minimum absolute atomic E-state index is 0.383. The lowest BCUT2D eigenvalue weighted by atomic mass is 10.5. The molecule has 0 unspecified atom stereocenters. The summed E-state index contributed by atoms with van der Waals surface area (Å²) in [6.07, 6.45) is 2.39. The molecule has 0 rings (SSSR count). The summed E-state index contributed by atoms with van der Waals surface area (Å²) in [7, 11) is -3.12. The SMILES string of the molecule is C=CCC[Si](OOCC)(OOCC)OOCC. The first-order valence-corrected chi connectivity index (χ1v) is 7.70. The van der Waals surface area contributed by atoms with Crippen LogP contribution in [0, 0.1) is 0 Å². The molecule has 0 radical (unpaired) electrons. The van der Waals surface area contributed by atoms with Crippen molar-refractivity contribution in [3.63, 3.8) is 0 Å². The first-order chi connectivity index (χ1) is 8.24. The van der Waals surface area contributed by atoms with Gasteiger partial charge in [0.15, 0.2) is 0 Å². The van der Waals surface area contributed by atoms with Crippen molar-refractivity contribution in [1.29, 1.82) is 0 Å². The Morgan fingerprint density at radius 2 is 1.29 bits per heavy atom. The molecule has 0 aliphatic carbocycles. The van der Waals surface area contributed by atoms with Crippen LogP contribution in [-0.2, 0) is 28.4 Å². The standard InChI is InChI=1S/C10H22O6Si/c1-5-9-10-17(14-11-6-2,15-12-7-3)16-13-8-4/h5H,1,6-10H2,2-4H3. The molecule has 0 aliphatic rings. The monoisotopic (exact) mass is 266 g/mol. The van der Waals surface area contributed by atoms with E-state index in [4.69, 9.17) is 28.4 Å². The van der Waals surface area contributed by atoms with Gasteiger partial charge < -0.3 is 0 Å². The number of rotatable bonds is 12. The molecule has 17 heavy (non-hydrogen) atoms. The topological polar surface area (TPSA) is 55.4 Å². The molecule has 0 atom stereocenters. The molecular formula is C10H22O6Si. The molecule has 0 aromatic rings. The van der Waals surface area contributed by atoms with E-state index in [1.54, 1.807) is 26.8 Å². The fourth-order valence-electron chi connectivity index (χ4n) is 0.892. The van der Waals surface area contributed by atoms with E-state index in [1.807, 2.05) is 0 Å². The molecule has 7 heteroatoms. The highest BCUT2D eigenvalue weighted by molar-refractivity contribution is 6.59. The van der Waals surface area contributed by atoms with E-state index in [-0.39, 0.29) is 0 Å². The average molecular weight is 266 g/mol. The van der Waals surface area contributed by atoms with E-state index in [0.29, 0.717) is 32.3 Å². The van der Waals surface area contributed by atoms with Gasteiger partial charge in [-0.1, -0.05) is 6.08 Å². The second kappa shape index (κ2) is 10.8. The van der Waals surface area contributed by atoms with Gasteiger partial charge >= 0.3 is 8.80 Å². The molecule has 0 fully saturated rings. The second-order valence-electron chi connectivity index (χ2n) is 2.98. The van der Waals surface area contributed by atoms with Crippen LogP contribution in [0.4, 0.5) is 0 Å². The largest absolute Gasteiger partial charge is 0.584 e. The quantitative estimate of drug-likeness (QED) is 0.234. The molecule has 0 saturated heterocycles. The Kier molecular flexibility index (Phi) is 10.7. The summed E-state index contributed by atoms with van der Waals surface area (Å²) in [5.41, 5.74) is 0. The average Bonchev–Trinajstić information content (AvgIpc) is 2.37. The van der Waals surface area contributed by atoms with Crippen LogP contribution in [0.1, 0.15) is 27.2 Å². The predicted octanol–water partition coefficient (Wildman–Crippen LogP) is 2.41. The van der Waals surface area contributed by atoms with E-state index in [1.165, 1.54) is 0 Å². The van der Waals surface area contributed by atoms with Gasteiger partial charge in [-0.2, -0.15) is 0 Å². The van der Waals surface area contributed by atoms with Crippen molar-refractivity contribution in [2.45, 2.75) is 33.2 Å². The van der Waals surface area contributed by atoms with Crippen LogP contribution < -0.4 is 0 Å². The zero-order valence-electron chi connectivity index (χ0n) is 10.8. The molecule has 0 heterocycles. The second-order valence-corrected chi connectivity index (χ2v) is 5.35. The van der Waals surface area contributed by atoms with Crippen molar-refractivity contribution >= 4 is 8.80 Å². The van der Waals surface area contributed by atoms with E-state index >= 15 is 0 Å². The molecule has 0 spiro atoms. The van der Waals surface area contributed by atoms with Crippen molar-refractivity contribution in [2.24, 2.45) is 0 Å². The van der Waals surface area contributed by atoms with Crippen LogP contribution in [0.25, 0.3) is 0 Å². The lowest BCUT2D eigenvalue weighted by Gasteiger charge is -2.24. The maximum absolute atomic E-state index is 5.18. The summed E-state index contributed by atoms with van der Waals surface area (Å²) in [5, 5.41) is 0. The Balaban J connectivity index is 4.44. The molecule has 0 saturated carbocycles. The van der Waals surface area contributed by atoms with Crippen LogP contribution in [-0.4, -0.2) is 28.6 Å². The van der Waals surface area contributed by atoms with Crippen LogP contribution in [0.15, 0.2) is 12.7 Å². The van der Waals surface area contributed by atoms with Crippen LogP contribution in [0.3, 0.4) is 0 Å². The smallest absolute Gasteiger partial charge is 0.243 e. The van der Waals surface area contributed by atoms with Crippen LogP contribution in [0.2, 0.25) is 6.04 Å². The lowest BCUT2D eigenvalue weighted by molar-refractivity contribution is -0.360. The summed E-state index contributed by atoms with van der Waals surface area (Å²) in [5.74, 6) is 0. The zero-order valence-corrected chi connectivity index (χ0v) is 11.8. The molecule has 6 nitrogen and oxygen atoms in total. The Labute approximate surface area is 104 Å². The number of allylic oxidation sites excluding steroid dienone is 1. The first-order valence-electron chi connectivity index (χ1n) is 5.77. The zero-order chi connectivity index (χ0) is 13.0. The van der Waals surface area contributed by atoms with Crippen molar-refractivity contribution < 1.29 is 28.4 Å². The molecule has 0 bridgehead atoms. The third kappa shape index (κ3) is 7.61. The van der Waals surface area contributed by atoms with Crippen molar-refractivity contribution in [1.82, 2.24) is 0 Å². The van der Waals surface area contributed by atoms with Gasteiger partial charge in [-0.3, -0.25) is 0 Å². The molecule has 0 N–H and O–H groups in total. The molecular weight excluding hydrogens is 244 g/mol. The number of hydrogen-bond donors (Lipinski definition) is 0. The van der Waals surface area contributed by atoms with Gasteiger partial charge in [0.1, 0.15) is 0 Å².